The van der Waals surface area contributed by atoms with Crippen molar-refractivity contribution in [2.45, 2.75) is 32.3 Å². The van der Waals surface area contributed by atoms with Gasteiger partial charge >= 0.3 is 5.97 Å². The second-order valence-corrected chi connectivity index (χ2v) is 10.4. The number of hydrogen-bond acceptors (Lipinski definition) is 7. The number of esters is 1. The average Bonchev–Trinajstić information content (AvgIpc) is 3.03. The molecule has 31 heavy (non-hydrogen) atoms. The van der Waals surface area contributed by atoms with E-state index >= 15 is 0 Å². The van der Waals surface area contributed by atoms with Crippen LogP contribution < -0.4 is 4.90 Å². The molecule has 0 radical (unpaired) electrons. The van der Waals surface area contributed by atoms with Gasteiger partial charge in [0.1, 0.15) is 11.4 Å². The highest BCUT2D eigenvalue weighted by molar-refractivity contribution is 7.89. The van der Waals surface area contributed by atoms with Gasteiger partial charge in [0, 0.05) is 63.9 Å². The molecular formula is C21H28N4O5S. The normalized spacial score (nSPS) is 22.2. The molecule has 0 atom stereocenters. The Kier molecular flexibility index (Phi) is 5.78. The number of piperazine rings is 1. The minimum atomic E-state index is -3.32. The quantitative estimate of drug-likeness (QED) is 0.628. The lowest BCUT2D eigenvalue weighted by Crippen LogP contribution is -2.54. The lowest BCUT2D eigenvalue weighted by atomic mass is 9.83. The summed E-state index contributed by atoms with van der Waals surface area (Å²) in [5, 5.41) is 0. The molecule has 9 nitrogen and oxygen atoms in total. The van der Waals surface area contributed by atoms with Crippen LogP contribution in [0.1, 0.15) is 26.7 Å². The molecule has 0 N–H and O–H groups in total. The maximum atomic E-state index is 13.5. The lowest BCUT2D eigenvalue weighted by Gasteiger charge is -2.41. The number of rotatable bonds is 4. The van der Waals surface area contributed by atoms with Gasteiger partial charge in [0.15, 0.2) is 0 Å². The first-order valence-electron chi connectivity index (χ1n) is 10.7. The van der Waals surface area contributed by atoms with Crippen molar-refractivity contribution in [1.82, 2.24) is 14.2 Å². The number of piperidine rings is 1. The number of anilines is 1. The molecule has 1 spiro atoms. The van der Waals surface area contributed by atoms with Gasteiger partial charge in [-0.1, -0.05) is 6.07 Å². The molecule has 168 valence electrons. The van der Waals surface area contributed by atoms with E-state index in [1.54, 1.807) is 24.9 Å². The van der Waals surface area contributed by atoms with Crippen LogP contribution in [-0.4, -0.2) is 85.1 Å². The van der Waals surface area contributed by atoms with Crippen molar-refractivity contribution in [1.29, 1.82) is 0 Å². The summed E-state index contributed by atoms with van der Waals surface area (Å²) in [6.07, 6.45) is 2.34. The largest absolute Gasteiger partial charge is 0.450 e. The van der Waals surface area contributed by atoms with Crippen molar-refractivity contribution in [3.05, 3.63) is 35.5 Å². The Balaban J connectivity index is 1.48. The van der Waals surface area contributed by atoms with Crippen molar-refractivity contribution < 1.29 is 22.7 Å². The Morgan fingerprint density at radius 1 is 1.13 bits per heavy atom. The van der Waals surface area contributed by atoms with Gasteiger partial charge < -0.3 is 14.5 Å². The summed E-state index contributed by atoms with van der Waals surface area (Å²) in [7, 11) is -3.32. The number of carbonyl (C=O) groups is 2. The Labute approximate surface area is 182 Å². The minimum absolute atomic E-state index is 0.0288. The van der Waals surface area contributed by atoms with Gasteiger partial charge in [0.25, 0.3) is 5.91 Å². The highest BCUT2D eigenvalue weighted by Gasteiger charge is 2.52. The maximum absolute atomic E-state index is 13.5. The molecule has 0 unspecified atom stereocenters. The van der Waals surface area contributed by atoms with Crippen molar-refractivity contribution >= 4 is 27.7 Å². The van der Waals surface area contributed by atoms with Gasteiger partial charge in [0.2, 0.25) is 10.0 Å². The van der Waals surface area contributed by atoms with Crippen LogP contribution in [0.5, 0.6) is 0 Å². The fourth-order valence-corrected chi connectivity index (χ4v) is 5.71. The van der Waals surface area contributed by atoms with Crippen molar-refractivity contribution in [2.75, 3.05) is 49.9 Å². The van der Waals surface area contributed by atoms with E-state index in [4.69, 9.17) is 4.74 Å². The first kappa shape index (κ1) is 21.8. The Bertz CT molecular complexity index is 992. The molecule has 1 aromatic heterocycles. The molecule has 0 bridgehead atoms. The number of aromatic nitrogens is 1. The standard InChI is InChI=1S/C21H28N4O5S/c1-3-31(28,29)25-10-7-21(8-11-25)18(16(2)20(27)30-21)19(26)24-14-12-23(13-15-24)17-6-4-5-9-22-17/h4-6,9H,3,7-8,10-15H2,1-2H3. The van der Waals surface area contributed by atoms with Crippen LogP contribution in [-0.2, 0) is 24.3 Å². The minimum Gasteiger partial charge on any atom is -0.450 e. The van der Waals surface area contributed by atoms with Gasteiger partial charge in [-0.25, -0.2) is 22.5 Å². The van der Waals surface area contributed by atoms with Crippen LogP contribution in [0.2, 0.25) is 0 Å². The maximum Gasteiger partial charge on any atom is 0.335 e. The van der Waals surface area contributed by atoms with Crippen LogP contribution in [0.15, 0.2) is 35.5 Å². The predicted octanol–water partition coefficient (Wildman–Crippen LogP) is 0.788. The van der Waals surface area contributed by atoms with Crippen molar-refractivity contribution in [2.24, 2.45) is 0 Å². The number of carbonyl (C=O) groups excluding carboxylic acids is 2. The zero-order valence-electron chi connectivity index (χ0n) is 17.9. The zero-order valence-corrected chi connectivity index (χ0v) is 18.7. The van der Waals surface area contributed by atoms with Crippen molar-refractivity contribution in [3.8, 4) is 0 Å². The third-order valence-electron chi connectivity index (χ3n) is 6.47. The van der Waals surface area contributed by atoms with E-state index in [0.29, 0.717) is 50.2 Å². The third-order valence-corrected chi connectivity index (χ3v) is 8.35. The van der Waals surface area contributed by atoms with E-state index in [9.17, 15) is 18.0 Å². The molecule has 1 amide bonds. The number of amides is 1. The summed E-state index contributed by atoms with van der Waals surface area (Å²) in [6, 6.07) is 5.75. The molecule has 0 aliphatic carbocycles. The van der Waals surface area contributed by atoms with Crippen LogP contribution in [0, 0.1) is 0 Å². The summed E-state index contributed by atoms with van der Waals surface area (Å²) in [4.78, 5) is 34.2. The second kappa shape index (κ2) is 8.23. The number of nitrogens with zero attached hydrogens (tertiary/aromatic N) is 4. The SMILES string of the molecule is CCS(=O)(=O)N1CCC2(CC1)OC(=O)C(C)=C2C(=O)N1CCN(c2ccccn2)CC1. The summed E-state index contributed by atoms with van der Waals surface area (Å²) >= 11 is 0. The number of pyridine rings is 1. The topological polar surface area (TPSA) is 100 Å². The summed E-state index contributed by atoms with van der Waals surface area (Å²) in [5.74, 6) is 0.240. The molecule has 2 fully saturated rings. The van der Waals surface area contributed by atoms with Crippen molar-refractivity contribution in [3.63, 3.8) is 0 Å². The smallest absolute Gasteiger partial charge is 0.335 e. The Hall–Kier alpha value is -2.46. The first-order chi connectivity index (χ1) is 14.8. The van der Waals surface area contributed by atoms with Crippen LogP contribution in [0.4, 0.5) is 5.82 Å². The molecule has 10 heteroatoms. The van der Waals surface area contributed by atoms with E-state index in [2.05, 4.69) is 9.88 Å². The molecule has 1 aromatic rings. The fourth-order valence-electron chi connectivity index (χ4n) is 4.60. The third kappa shape index (κ3) is 3.94. The van der Waals surface area contributed by atoms with Gasteiger partial charge in [-0.05, 0) is 26.0 Å². The summed E-state index contributed by atoms with van der Waals surface area (Å²) in [5.41, 5.74) is -0.294. The number of sulfonamides is 1. The van der Waals surface area contributed by atoms with Crippen LogP contribution >= 0.6 is 0 Å². The highest BCUT2D eigenvalue weighted by Crippen LogP contribution is 2.42. The lowest BCUT2D eigenvalue weighted by molar-refractivity contribution is -0.150. The molecule has 3 aliphatic rings. The number of ether oxygens (including phenoxy) is 1. The molecule has 4 rings (SSSR count). The highest BCUT2D eigenvalue weighted by atomic mass is 32.2. The molecule has 2 saturated heterocycles. The van der Waals surface area contributed by atoms with E-state index in [1.807, 2.05) is 18.2 Å². The fraction of sp³-hybridized carbons (Fsp3) is 0.571. The second-order valence-electron chi connectivity index (χ2n) is 8.15. The monoisotopic (exact) mass is 448 g/mol. The van der Waals surface area contributed by atoms with E-state index in [0.717, 1.165) is 5.82 Å². The first-order valence-corrected chi connectivity index (χ1v) is 12.3. The van der Waals surface area contributed by atoms with E-state index < -0.39 is 21.6 Å². The van der Waals surface area contributed by atoms with Gasteiger partial charge in [-0.2, -0.15) is 0 Å². The van der Waals surface area contributed by atoms with Gasteiger partial charge in [-0.3, -0.25) is 4.79 Å². The van der Waals surface area contributed by atoms with Gasteiger partial charge in [0.05, 0.1) is 11.3 Å². The number of hydrogen-bond donors (Lipinski definition) is 0. The van der Waals surface area contributed by atoms with E-state index in [-0.39, 0.29) is 24.7 Å². The summed E-state index contributed by atoms with van der Waals surface area (Å²) in [6.45, 7) is 6.06. The van der Waals surface area contributed by atoms with E-state index in [1.165, 1.54) is 4.31 Å². The van der Waals surface area contributed by atoms with Gasteiger partial charge in [-0.15, -0.1) is 0 Å². The van der Waals surface area contributed by atoms with Crippen LogP contribution in [0.25, 0.3) is 0 Å². The average molecular weight is 449 g/mol. The molecule has 0 aromatic carbocycles. The molecule has 0 saturated carbocycles. The molecule has 3 aliphatic heterocycles. The molecular weight excluding hydrogens is 420 g/mol. The predicted molar refractivity (Wildman–Crippen MR) is 115 cm³/mol. The molecule has 4 heterocycles. The zero-order chi connectivity index (χ0) is 22.2. The summed E-state index contributed by atoms with van der Waals surface area (Å²) < 4.78 is 31.6. The Morgan fingerprint density at radius 2 is 1.81 bits per heavy atom. The van der Waals surface area contributed by atoms with Crippen LogP contribution in [0.3, 0.4) is 0 Å². The Morgan fingerprint density at radius 3 is 2.39 bits per heavy atom.